The normalized spacial score (nSPS) is 15.6. The molecular formula is C21H22N2O4. The predicted octanol–water partition coefficient (Wildman–Crippen LogP) is 3.35. The molecule has 3 rings (SSSR count). The number of hydrogen-bond acceptors (Lipinski definition) is 5. The average molecular weight is 366 g/mol. The summed E-state index contributed by atoms with van der Waals surface area (Å²) in [4.78, 5) is 24.7. The van der Waals surface area contributed by atoms with Gasteiger partial charge in [-0.1, -0.05) is 43.5 Å². The van der Waals surface area contributed by atoms with Gasteiger partial charge in [0.05, 0.1) is 18.7 Å². The zero-order chi connectivity index (χ0) is 19.3. The summed E-state index contributed by atoms with van der Waals surface area (Å²) in [6.45, 7) is -0.414. The third-order valence-corrected chi connectivity index (χ3v) is 4.96. The summed E-state index contributed by atoms with van der Waals surface area (Å²) >= 11 is 0. The van der Waals surface area contributed by atoms with Gasteiger partial charge in [0.2, 0.25) is 0 Å². The number of carbonyl (C=O) groups is 2. The van der Waals surface area contributed by atoms with Gasteiger partial charge in [0.25, 0.3) is 5.91 Å². The molecule has 0 atom stereocenters. The number of rotatable bonds is 5. The van der Waals surface area contributed by atoms with E-state index < -0.39 is 24.0 Å². The van der Waals surface area contributed by atoms with Gasteiger partial charge in [-0.25, -0.2) is 4.79 Å². The topological polar surface area (TPSA) is 88.4 Å². The van der Waals surface area contributed by atoms with Crippen LogP contribution in [0.3, 0.4) is 0 Å². The van der Waals surface area contributed by atoms with Crippen LogP contribution in [0.25, 0.3) is 10.8 Å². The van der Waals surface area contributed by atoms with Crippen LogP contribution in [0.5, 0.6) is 5.75 Å². The number of fused-ring (bicyclic) bond motifs is 1. The van der Waals surface area contributed by atoms with Crippen molar-refractivity contribution in [3.63, 3.8) is 0 Å². The van der Waals surface area contributed by atoms with E-state index in [9.17, 15) is 14.9 Å². The first-order valence-electron chi connectivity index (χ1n) is 9.04. The predicted molar refractivity (Wildman–Crippen MR) is 100 cm³/mol. The highest BCUT2D eigenvalue weighted by molar-refractivity contribution is 6.06. The van der Waals surface area contributed by atoms with Crippen LogP contribution in [0.4, 0.5) is 0 Å². The fourth-order valence-corrected chi connectivity index (χ4v) is 3.56. The van der Waals surface area contributed by atoms with Gasteiger partial charge >= 0.3 is 5.97 Å². The molecule has 0 radical (unpaired) electrons. The standard InChI is InChI=1S/C21H22N2O4/c1-26-18-10-9-17(15-7-3-4-8-16(15)18)20(25)27-13-19(24)23-21(14-22)11-5-2-6-12-21/h3-4,7-10H,2,5-6,11-13H2,1H3,(H,23,24). The first-order valence-corrected chi connectivity index (χ1v) is 9.04. The van der Waals surface area contributed by atoms with Crippen LogP contribution in [0.1, 0.15) is 42.5 Å². The van der Waals surface area contributed by atoms with Gasteiger partial charge in [0.1, 0.15) is 11.3 Å². The highest BCUT2D eigenvalue weighted by Gasteiger charge is 2.33. The van der Waals surface area contributed by atoms with Crippen molar-refractivity contribution in [1.29, 1.82) is 5.26 Å². The van der Waals surface area contributed by atoms with Gasteiger partial charge in [-0.05, 0) is 30.4 Å². The minimum Gasteiger partial charge on any atom is -0.496 e. The largest absolute Gasteiger partial charge is 0.496 e. The van der Waals surface area contributed by atoms with Crippen LogP contribution in [-0.2, 0) is 9.53 Å². The molecule has 6 heteroatoms. The Balaban J connectivity index is 1.69. The molecule has 1 amide bonds. The highest BCUT2D eigenvalue weighted by atomic mass is 16.5. The maximum atomic E-state index is 12.5. The van der Waals surface area contributed by atoms with Crippen molar-refractivity contribution in [2.24, 2.45) is 0 Å². The van der Waals surface area contributed by atoms with E-state index in [2.05, 4.69) is 11.4 Å². The van der Waals surface area contributed by atoms with E-state index in [1.165, 1.54) is 0 Å². The number of nitrogens with one attached hydrogen (secondary N) is 1. The number of hydrogen-bond donors (Lipinski definition) is 1. The van der Waals surface area contributed by atoms with Crippen molar-refractivity contribution in [3.05, 3.63) is 42.0 Å². The lowest BCUT2D eigenvalue weighted by molar-refractivity contribution is -0.125. The van der Waals surface area contributed by atoms with Gasteiger partial charge in [-0.15, -0.1) is 0 Å². The zero-order valence-corrected chi connectivity index (χ0v) is 15.3. The molecule has 2 aromatic rings. The molecule has 0 spiro atoms. The quantitative estimate of drug-likeness (QED) is 0.820. The van der Waals surface area contributed by atoms with Crippen LogP contribution in [0.2, 0.25) is 0 Å². The first-order chi connectivity index (χ1) is 13.1. The van der Waals surface area contributed by atoms with E-state index in [1.54, 1.807) is 25.3 Å². The number of nitriles is 1. The Bertz CT molecular complexity index is 895. The number of benzene rings is 2. The SMILES string of the molecule is COc1ccc(C(=O)OCC(=O)NC2(C#N)CCCCC2)c2ccccc12. The molecule has 1 N–H and O–H groups in total. The number of esters is 1. The second-order valence-electron chi connectivity index (χ2n) is 6.74. The summed E-state index contributed by atoms with van der Waals surface area (Å²) in [5.41, 5.74) is -0.471. The maximum absolute atomic E-state index is 12.5. The third-order valence-electron chi connectivity index (χ3n) is 4.96. The van der Waals surface area contributed by atoms with Crippen molar-refractivity contribution in [3.8, 4) is 11.8 Å². The van der Waals surface area contributed by atoms with Crippen LogP contribution in [0.15, 0.2) is 36.4 Å². The second kappa shape index (κ2) is 8.09. The monoisotopic (exact) mass is 366 g/mol. The minimum atomic E-state index is -0.839. The molecule has 0 unspecified atom stereocenters. The van der Waals surface area contributed by atoms with Crippen molar-refractivity contribution in [2.45, 2.75) is 37.6 Å². The molecule has 1 saturated carbocycles. The van der Waals surface area contributed by atoms with Crippen molar-refractivity contribution < 1.29 is 19.1 Å². The lowest BCUT2D eigenvalue weighted by Gasteiger charge is -2.31. The fraction of sp³-hybridized carbons (Fsp3) is 0.381. The van der Waals surface area contributed by atoms with Crippen molar-refractivity contribution >= 4 is 22.6 Å². The molecule has 0 aromatic heterocycles. The fourth-order valence-electron chi connectivity index (χ4n) is 3.56. The molecule has 0 saturated heterocycles. The number of ether oxygens (including phenoxy) is 2. The molecule has 1 aliphatic rings. The Morgan fingerprint density at radius 3 is 2.48 bits per heavy atom. The van der Waals surface area contributed by atoms with E-state index in [-0.39, 0.29) is 0 Å². The smallest absolute Gasteiger partial charge is 0.339 e. The van der Waals surface area contributed by atoms with E-state index in [4.69, 9.17) is 9.47 Å². The van der Waals surface area contributed by atoms with E-state index in [0.717, 1.165) is 24.6 Å². The summed E-state index contributed by atoms with van der Waals surface area (Å²) in [5.74, 6) is -0.378. The Kier molecular flexibility index (Phi) is 5.60. The maximum Gasteiger partial charge on any atom is 0.339 e. The Labute approximate surface area is 158 Å². The lowest BCUT2D eigenvalue weighted by atomic mass is 9.83. The Morgan fingerprint density at radius 2 is 1.81 bits per heavy atom. The lowest BCUT2D eigenvalue weighted by Crippen LogP contribution is -2.50. The van der Waals surface area contributed by atoms with Gasteiger partial charge in [0, 0.05) is 5.39 Å². The van der Waals surface area contributed by atoms with E-state index in [1.807, 2.05) is 18.2 Å². The summed E-state index contributed by atoms with van der Waals surface area (Å²) in [5, 5.41) is 13.7. The Hall–Kier alpha value is -3.07. The molecule has 6 nitrogen and oxygen atoms in total. The summed E-state index contributed by atoms with van der Waals surface area (Å²) in [6, 6.07) is 12.9. The molecule has 0 aliphatic heterocycles. The first kappa shape index (κ1) is 18.7. The number of nitrogens with zero attached hydrogens (tertiary/aromatic N) is 1. The zero-order valence-electron chi connectivity index (χ0n) is 15.3. The molecule has 140 valence electrons. The number of carbonyl (C=O) groups excluding carboxylic acids is 2. The number of methoxy groups -OCH3 is 1. The van der Waals surface area contributed by atoms with E-state index >= 15 is 0 Å². The van der Waals surface area contributed by atoms with Crippen LogP contribution >= 0.6 is 0 Å². The summed E-state index contributed by atoms with van der Waals surface area (Å²) < 4.78 is 10.5. The van der Waals surface area contributed by atoms with Crippen molar-refractivity contribution in [1.82, 2.24) is 5.32 Å². The molecule has 1 aliphatic carbocycles. The van der Waals surface area contributed by atoms with Crippen LogP contribution < -0.4 is 10.1 Å². The van der Waals surface area contributed by atoms with Gasteiger partial charge in [-0.2, -0.15) is 5.26 Å². The van der Waals surface area contributed by atoms with E-state index in [0.29, 0.717) is 29.5 Å². The van der Waals surface area contributed by atoms with Gasteiger partial charge in [-0.3, -0.25) is 4.79 Å². The molecule has 27 heavy (non-hydrogen) atoms. The minimum absolute atomic E-state index is 0.367. The second-order valence-corrected chi connectivity index (χ2v) is 6.74. The summed E-state index contributed by atoms with van der Waals surface area (Å²) in [7, 11) is 1.57. The molecule has 0 heterocycles. The molecular weight excluding hydrogens is 344 g/mol. The van der Waals surface area contributed by atoms with Crippen LogP contribution in [0, 0.1) is 11.3 Å². The third kappa shape index (κ3) is 4.03. The van der Waals surface area contributed by atoms with Crippen molar-refractivity contribution in [2.75, 3.05) is 13.7 Å². The summed E-state index contributed by atoms with van der Waals surface area (Å²) in [6.07, 6.45) is 4.15. The number of amides is 1. The average Bonchev–Trinajstić information content (AvgIpc) is 2.71. The van der Waals surface area contributed by atoms with Gasteiger partial charge < -0.3 is 14.8 Å². The molecule has 2 aromatic carbocycles. The Morgan fingerprint density at radius 1 is 1.11 bits per heavy atom. The van der Waals surface area contributed by atoms with Gasteiger partial charge in [0.15, 0.2) is 6.61 Å². The highest BCUT2D eigenvalue weighted by Crippen LogP contribution is 2.29. The molecule has 1 fully saturated rings. The molecule has 0 bridgehead atoms. The van der Waals surface area contributed by atoms with Crippen LogP contribution in [-0.4, -0.2) is 31.1 Å².